The van der Waals surface area contributed by atoms with Gasteiger partial charge in [-0.15, -0.1) is 0 Å². The number of pyridine rings is 1. The lowest BCUT2D eigenvalue weighted by atomic mass is 9.77. The standard InChI is InChI=1S/C31H45N5O3/c1-20(2)26-11-10-21(3)13-30(39)36-18-23-14-24(27(36)8-5-9-28(37)33-26)19-34(17-23)29(38)15-25-16-32-31-22(4)7-6-12-35(25)31/h6-7,12,16,20-21,23-24,26-27H,5,8-11,13-15,17-19H2,1-4H3,(H,33,37)/t21-,23+,24+,26+,27+/m1/s1. The molecule has 5 atom stereocenters. The summed E-state index contributed by atoms with van der Waals surface area (Å²) >= 11 is 0. The second-order valence-corrected chi connectivity index (χ2v) is 12.8. The number of aromatic nitrogens is 2. The van der Waals surface area contributed by atoms with Gasteiger partial charge >= 0.3 is 0 Å². The molecule has 8 nitrogen and oxygen atoms in total. The summed E-state index contributed by atoms with van der Waals surface area (Å²) in [6, 6.07) is 4.27. The second-order valence-electron chi connectivity index (χ2n) is 12.8. The summed E-state index contributed by atoms with van der Waals surface area (Å²) in [7, 11) is 0. The number of rotatable bonds is 3. The van der Waals surface area contributed by atoms with E-state index in [-0.39, 0.29) is 41.6 Å². The number of aryl methyl sites for hydroxylation is 1. The van der Waals surface area contributed by atoms with Crippen molar-refractivity contribution in [2.24, 2.45) is 23.7 Å². The lowest BCUT2D eigenvalue weighted by Crippen LogP contribution is -2.60. The van der Waals surface area contributed by atoms with Crippen LogP contribution in [-0.4, -0.2) is 68.6 Å². The molecule has 3 amide bonds. The van der Waals surface area contributed by atoms with E-state index in [2.05, 4.69) is 36.0 Å². The fraction of sp³-hybridized carbons (Fsp3) is 0.677. The number of hydrogen-bond donors (Lipinski definition) is 1. The fourth-order valence-electron chi connectivity index (χ4n) is 7.11. The number of nitrogens with one attached hydrogen (secondary N) is 1. The number of carbonyl (C=O) groups is 3. The van der Waals surface area contributed by atoms with Crippen LogP contribution in [0.15, 0.2) is 24.5 Å². The van der Waals surface area contributed by atoms with Gasteiger partial charge in [-0.2, -0.15) is 0 Å². The molecule has 212 valence electrons. The minimum Gasteiger partial charge on any atom is -0.353 e. The minimum absolute atomic E-state index is 0.0874. The third kappa shape index (κ3) is 6.15. The Balaban J connectivity index is 1.30. The highest BCUT2D eigenvalue weighted by Gasteiger charge is 2.43. The number of fused-ring (bicyclic) bond motifs is 5. The smallest absolute Gasteiger partial charge is 0.228 e. The molecule has 3 aliphatic heterocycles. The normalized spacial score (nSPS) is 28.9. The molecule has 0 radical (unpaired) electrons. The van der Waals surface area contributed by atoms with Crippen LogP contribution in [-0.2, 0) is 20.8 Å². The van der Waals surface area contributed by atoms with Gasteiger partial charge in [0, 0.05) is 57.0 Å². The molecule has 3 aliphatic rings. The van der Waals surface area contributed by atoms with Gasteiger partial charge in [-0.05, 0) is 74.3 Å². The van der Waals surface area contributed by atoms with E-state index in [1.807, 2.05) is 40.8 Å². The van der Waals surface area contributed by atoms with Crippen LogP contribution in [0.2, 0.25) is 0 Å². The molecule has 2 aromatic heterocycles. The number of carbonyl (C=O) groups excluding carboxylic acids is 3. The van der Waals surface area contributed by atoms with Gasteiger partial charge in [0.15, 0.2) is 0 Å². The van der Waals surface area contributed by atoms with E-state index in [0.717, 1.165) is 49.0 Å². The Kier molecular flexibility index (Phi) is 8.29. The van der Waals surface area contributed by atoms with Crippen LogP contribution in [0.5, 0.6) is 0 Å². The highest BCUT2D eigenvalue weighted by atomic mass is 16.2. The van der Waals surface area contributed by atoms with Crippen molar-refractivity contribution in [3.8, 4) is 0 Å². The lowest BCUT2D eigenvalue weighted by molar-refractivity contribution is -0.146. The highest BCUT2D eigenvalue weighted by molar-refractivity contribution is 5.79. The molecule has 5 heterocycles. The molecule has 2 aromatic rings. The zero-order valence-corrected chi connectivity index (χ0v) is 24.1. The molecule has 0 unspecified atom stereocenters. The first-order valence-corrected chi connectivity index (χ1v) is 15.0. The quantitative estimate of drug-likeness (QED) is 0.644. The van der Waals surface area contributed by atoms with Gasteiger partial charge < -0.3 is 19.5 Å². The van der Waals surface area contributed by atoms with Gasteiger partial charge in [0.2, 0.25) is 17.7 Å². The van der Waals surface area contributed by atoms with Crippen LogP contribution in [0.25, 0.3) is 5.65 Å². The highest BCUT2D eigenvalue weighted by Crippen LogP contribution is 2.37. The Bertz CT molecular complexity index is 1210. The van der Waals surface area contributed by atoms with Crippen molar-refractivity contribution in [1.82, 2.24) is 24.5 Å². The van der Waals surface area contributed by atoms with Gasteiger partial charge in [-0.25, -0.2) is 4.98 Å². The molecule has 8 heteroatoms. The largest absolute Gasteiger partial charge is 0.353 e. The van der Waals surface area contributed by atoms with Crippen molar-refractivity contribution in [3.05, 3.63) is 35.8 Å². The second kappa shape index (κ2) is 11.7. The average molecular weight is 536 g/mol. The Morgan fingerprint density at radius 3 is 2.77 bits per heavy atom. The predicted octanol–water partition coefficient (Wildman–Crippen LogP) is 3.99. The molecule has 0 saturated carbocycles. The number of amides is 3. The maximum absolute atomic E-state index is 13.6. The molecule has 2 bridgehead atoms. The van der Waals surface area contributed by atoms with Crippen LogP contribution >= 0.6 is 0 Å². The first-order chi connectivity index (χ1) is 18.7. The zero-order valence-electron chi connectivity index (χ0n) is 24.1. The van der Waals surface area contributed by atoms with Crippen LogP contribution in [0.4, 0.5) is 0 Å². The van der Waals surface area contributed by atoms with E-state index in [9.17, 15) is 14.4 Å². The summed E-state index contributed by atoms with van der Waals surface area (Å²) in [5, 5.41) is 3.26. The van der Waals surface area contributed by atoms with Crippen LogP contribution in [0.1, 0.15) is 77.0 Å². The molecule has 39 heavy (non-hydrogen) atoms. The van der Waals surface area contributed by atoms with Crippen molar-refractivity contribution in [3.63, 3.8) is 0 Å². The zero-order chi connectivity index (χ0) is 27.7. The topological polar surface area (TPSA) is 87.0 Å². The molecule has 3 saturated heterocycles. The van der Waals surface area contributed by atoms with Crippen molar-refractivity contribution in [2.75, 3.05) is 19.6 Å². The summed E-state index contributed by atoms with van der Waals surface area (Å²) in [6.07, 6.45) is 9.63. The number of nitrogens with zero attached hydrogens (tertiary/aromatic N) is 4. The SMILES string of the molecule is Cc1cccn2c(CC(=O)N3C[C@@H]4C[C@@H](C3)[C@@H]3CCCC(=O)N[C@H](C(C)C)CC[C@@H](C)CC(=O)N3C4)cnc12. The van der Waals surface area contributed by atoms with Crippen LogP contribution < -0.4 is 5.32 Å². The lowest BCUT2D eigenvalue weighted by Gasteiger charge is -2.51. The van der Waals surface area contributed by atoms with Crippen molar-refractivity contribution >= 4 is 23.4 Å². The molecular formula is C31H45N5O3. The van der Waals surface area contributed by atoms with E-state index < -0.39 is 0 Å². The Morgan fingerprint density at radius 2 is 1.97 bits per heavy atom. The minimum atomic E-state index is 0.0874. The van der Waals surface area contributed by atoms with Gasteiger partial charge in [0.25, 0.3) is 0 Å². The summed E-state index contributed by atoms with van der Waals surface area (Å²) in [5.74, 6) is 1.72. The first kappa shape index (κ1) is 27.7. The van der Waals surface area contributed by atoms with E-state index in [4.69, 9.17) is 0 Å². The summed E-state index contributed by atoms with van der Waals surface area (Å²) in [4.78, 5) is 48.6. The van der Waals surface area contributed by atoms with Gasteiger partial charge in [0.1, 0.15) is 5.65 Å². The average Bonchev–Trinajstić information content (AvgIpc) is 3.30. The molecule has 5 rings (SSSR count). The Morgan fingerprint density at radius 1 is 1.15 bits per heavy atom. The molecule has 1 N–H and O–H groups in total. The van der Waals surface area contributed by atoms with Gasteiger partial charge in [-0.3, -0.25) is 14.4 Å². The predicted molar refractivity (Wildman–Crippen MR) is 151 cm³/mol. The maximum Gasteiger partial charge on any atom is 0.228 e. The molecule has 0 aromatic carbocycles. The summed E-state index contributed by atoms with van der Waals surface area (Å²) < 4.78 is 2.02. The molecule has 3 fully saturated rings. The number of piperidine rings is 2. The van der Waals surface area contributed by atoms with E-state index in [1.165, 1.54) is 0 Å². The summed E-state index contributed by atoms with van der Waals surface area (Å²) in [6.45, 7) is 10.6. The third-order valence-corrected chi connectivity index (χ3v) is 9.33. The van der Waals surface area contributed by atoms with Crippen LogP contribution in [0.3, 0.4) is 0 Å². The van der Waals surface area contributed by atoms with E-state index in [0.29, 0.717) is 50.7 Å². The number of likely N-dealkylation sites (tertiary alicyclic amines) is 1. The van der Waals surface area contributed by atoms with Gasteiger partial charge in [0.05, 0.1) is 12.1 Å². The number of hydrogen-bond acceptors (Lipinski definition) is 4. The molecule has 0 aliphatic carbocycles. The number of imidazole rings is 1. The fourth-order valence-corrected chi connectivity index (χ4v) is 7.11. The Hall–Kier alpha value is -2.90. The maximum atomic E-state index is 13.6. The van der Waals surface area contributed by atoms with Crippen molar-refractivity contribution in [2.45, 2.75) is 91.1 Å². The molecular weight excluding hydrogens is 490 g/mol. The third-order valence-electron chi connectivity index (χ3n) is 9.33. The molecule has 0 spiro atoms. The Labute approximate surface area is 232 Å². The van der Waals surface area contributed by atoms with Crippen LogP contribution in [0, 0.1) is 30.6 Å². The van der Waals surface area contributed by atoms with Gasteiger partial charge in [-0.1, -0.05) is 26.8 Å². The van der Waals surface area contributed by atoms with E-state index in [1.54, 1.807) is 0 Å². The van der Waals surface area contributed by atoms with Crippen molar-refractivity contribution < 1.29 is 14.4 Å². The first-order valence-electron chi connectivity index (χ1n) is 15.0. The van der Waals surface area contributed by atoms with E-state index >= 15 is 0 Å². The van der Waals surface area contributed by atoms with Crippen molar-refractivity contribution in [1.29, 1.82) is 0 Å². The monoisotopic (exact) mass is 535 g/mol. The summed E-state index contributed by atoms with van der Waals surface area (Å²) in [5.41, 5.74) is 2.90.